The van der Waals surface area contributed by atoms with E-state index in [1.54, 1.807) is 0 Å². The van der Waals surface area contributed by atoms with Gasteiger partial charge in [-0.15, -0.1) is 0 Å². The number of nitrogens with zero attached hydrogens (tertiary/aromatic N) is 3. The van der Waals surface area contributed by atoms with Gasteiger partial charge in [-0.2, -0.15) is 0 Å². The molecule has 1 heterocycles. The van der Waals surface area contributed by atoms with Gasteiger partial charge in [-0.1, -0.05) is 6.92 Å². The molecule has 4 heteroatoms. The molecule has 0 spiro atoms. The van der Waals surface area contributed by atoms with Gasteiger partial charge in [-0.25, -0.2) is 0 Å². The monoisotopic (exact) mass is 212 g/mol. The number of likely N-dealkylation sites (N-methyl/N-ethyl adjacent to an activating group) is 1. The van der Waals surface area contributed by atoms with Crippen molar-refractivity contribution in [3.05, 3.63) is 0 Å². The van der Waals surface area contributed by atoms with Crippen molar-refractivity contribution >= 4 is 5.84 Å². The second-order valence-electron chi connectivity index (χ2n) is 4.43. The molecule has 0 aromatic rings. The molecule has 0 aliphatic carbocycles. The summed E-state index contributed by atoms with van der Waals surface area (Å²) in [6.45, 7) is 8.61. The van der Waals surface area contributed by atoms with E-state index in [4.69, 9.17) is 5.41 Å². The first-order valence-electron chi connectivity index (χ1n) is 5.83. The maximum absolute atomic E-state index is 7.77. The van der Waals surface area contributed by atoms with Gasteiger partial charge < -0.3 is 9.80 Å². The minimum Gasteiger partial charge on any atom is -0.358 e. The molecular formula is C11H24N4. The second-order valence-corrected chi connectivity index (χ2v) is 4.43. The van der Waals surface area contributed by atoms with E-state index in [0.717, 1.165) is 51.5 Å². The van der Waals surface area contributed by atoms with Crippen LogP contribution < -0.4 is 0 Å². The standard InChI is InChI=1S/C11H24N4/c1-4-11(12)15-9-7-14(8-10-15)6-5-13(2)3/h12H,4-10H2,1-3H3. The zero-order valence-electron chi connectivity index (χ0n) is 10.3. The van der Waals surface area contributed by atoms with Crippen molar-refractivity contribution < 1.29 is 0 Å². The van der Waals surface area contributed by atoms with Crippen LogP contribution in [0.15, 0.2) is 0 Å². The minimum atomic E-state index is 0.794. The Hall–Kier alpha value is -0.610. The molecule has 0 saturated carbocycles. The van der Waals surface area contributed by atoms with Crippen molar-refractivity contribution in [1.29, 1.82) is 5.41 Å². The summed E-state index contributed by atoms with van der Waals surface area (Å²) in [6, 6.07) is 0. The van der Waals surface area contributed by atoms with Crippen molar-refractivity contribution in [3.63, 3.8) is 0 Å². The third-order valence-corrected chi connectivity index (χ3v) is 2.95. The summed E-state index contributed by atoms with van der Waals surface area (Å²) in [6.07, 6.45) is 0.859. The second kappa shape index (κ2) is 6.08. The van der Waals surface area contributed by atoms with Gasteiger partial charge in [-0.05, 0) is 14.1 Å². The van der Waals surface area contributed by atoms with E-state index in [1.165, 1.54) is 0 Å². The largest absolute Gasteiger partial charge is 0.358 e. The van der Waals surface area contributed by atoms with Gasteiger partial charge in [0.25, 0.3) is 0 Å². The summed E-state index contributed by atoms with van der Waals surface area (Å²) in [5.74, 6) is 0.794. The normalized spacial score (nSPS) is 18.5. The van der Waals surface area contributed by atoms with Crippen LogP contribution in [0.25, 0.3) is 0 Å². The SMILES string of the molecule is CCC(=N)N1CCN(CCN(C)C)CC1. The third kappa shape index (κ3) is 4.18. The lowest BCUT2D eigenvalue weighted by atomic mass is 10.3. The molecule has 88 valence electrons. The molecule has 1 rings (SSSR count). The fourth-order valence-electron chi connectivity index (χ4n) is 1.81. The van der Waals surface area contributed by atoms with Gasteiger partial charge in [0.05, 0.1) is 5.84 Å². The highest BCUT2D eigenvalue weighted by atomic mass is 15.3. The predicted molar refractivity (Wildman–Crippen MR) is 64.6 cm³/mol. The van der Waals surface area contributed by atoms with Crippen molar-refractivity contribution in [3.8, 4) is 0 Å². The summed E-state index contributed by atoms with van der Waals surface area (Å²) in [5, 5.41) is 7.77. The maximum atomic E-state index is 7.77. The molecule has 0 radical (unpaired) electrons. The number of rotatable bonds is 4. The quantitative estimate of drug-likeness (QED) is 0.546. The van der Waals surface area contributed by atoms with Crippen LogP contribution in [-0.4, -0.2) is 73.9 Å². The zero-order valence-corrected chi connectivity index (χ0v) is 10.3. The van der Waals surface area contributed by atoms with E-state index in [9.17, 15) is 0 Å². The summed E-state index contributed by atoms with van der Waals surface area (Å²) >= 11 is 0. The number of piperazine rings is 1. The van der Waals surface area contributed by atoms with Gasteiger partial charge in [0.15, 0.2) is 0 Å². The van der Waals surface area contributed by atoms with Crippen LogP contribution in [0, 0.1) is 5.41 Å². The maximum Gasteiger partial charge on any atom is 0.0955 e. The van der Waals surface area contributed by atoms with Crippen molar-refractivity contribution in [1.82, 2.24) is 14.7 Å². The first-order chi connectivity index (χ1) is 7.13. The molecule has 15 heavy (non-hydrogen) atoms. The summed E-state index contributed by atoms with van der Waals surface area (Å²) < 4.78 is 0. The Balaban J connectivity index is 2.21. The van der Waals surface area contributed by atoms with Gasteiger partial charge in [0.1, 0.15) is 0 Å². The lowest BCUT2D eigenvalue weighted by Gasteiger charge is -2.36. The molecule has 1 aliphatic rings. The van der Waals surface area contributed by atoms with Crippen LogP contribution in [-0.2, 0) is 0 Å². The predicted octanol–water partition coefficient (Wildman–Crippen LogP) is 0.553. The molecule has 1 saturated heterocycles. The topological polar surface area (TPSA) is 33.6 Å². The van der Waals surface area contributed by atoms with Crippen LogP contribution in [0.2, 0.25) is 0 Å². The lowest BCUT2D eigenvalue weighted by Crippen LogP contribution is -2.49. The average Bonchev–Trinajstić information content (AvgIpc) is 2.26. The van der Waals surface area contributed by atoms with E-state index < -0.39 is 0 Å². The van der Waals surface area contributed by atoms with Crippen LogP contribution in [0.3, 0.4) is 0 Å². The van der Waals surface area contributed by atoms with E-state index in [1.807, 2.05) is 0 Å². The Bertz CT molecular complexity index is 195. The zero-order chi connectivity index (χ0) is 11.3. The van der Waals surface area contributed by atoms with E-state index >= 15 is 0 Å². The fourth-order valence-corrected chi connectivity index (χ4v) is 1.81. The van der Waals surface area contributed by atoms with Crippen LogP contribution in [0.1, 0.15) is 13.3 Å². The van der Waals surface area contributed by atoms with Crippen molar-refractivity contribution in [2.24, 2.45) is 0 Å². The molecule has 1 fully saturated rings. The molecule has 1 aliphatic heterocycles. The minimum absolute atomic E-state index is 0.794. The highest BCUT2D eigenvalue weighted by Gasteiger charge is 2.17. The number of hydrogen-bond acceptors (Lipinski definition) is 3. The molecule has 0 atom stereocenters. The Morgan fingerprint density at radius 1 is 1.20 bits per heavy atom. The van der Waals surface area contributed by atoms with Gasteiger partial charge in [-0.3, -0.25) is 10.3 Å². The fraction of sp³-hybridized carbons (Fsp3) is 0.909. The van der Waals surface area contributed by atoms with Crippen molar-refractivity contribution in [2.45, 2.75) is 13.3 Å². The van der Waals surface area contributed by atoms with Crippen LogP contribution in [0.5, 0.6) is 0 Å². The molecule has 1 N–H and O–H groups in total. The smallest absolute Gasteiger partial charge is 0.0955 e. The Kier molecular flexibility index (Phi) is 5.05. The molecule has 4 nitrogen and oxygen atoms in total. The molecule has 0 amide bonds. The summed E-state index contributed by atoms with van der Waals surface area (Å²) in [7, 11) is 4.23. The van der Waals surface area contributed by atoms with Crippen LogP contribution >= 0.6 is 0 Å². The number of amidine groups is 1. The van der Waals surface area contributed by atoms with E-state index in [-0.39, 0.29) is 0 Å². The number of hydrogen-bond donors (Lipinski definition) is 1. The van der Waals surface area contributed by atoms with Crippen molar-refractivity contribution in [2.75, 3.05) is 53.4 Å². The number of nitrogens with one attached hydrogen (secondary N) is 1. The summed E-state index contributed by atoms with van der Waals surface area (Å²) in [5.41, 5.74) is 0. The molecule has 0 bridgehead atoms. The Morgan fingerprint density at radius 3 is 2.27 bits per heavy atom. The summed E-state index contributed by atoms with van der Waals surface area (Å²) in [4.78, 5) is 6.91. The van der Waals surface area contributed by atoms with Crippen LogP contribution in [0.4, 0.5) is 0 Å². The molecular weight excluding hydrogens is 188 g/mol. The molecule has 0 unspecified atom stereocenters. The van der Waals surface area contributed by atoms with E-state index in [2.05, 4.69) is 35.7 Å². The highest BCUT2D eigenvalue weighted by Crippen LogP contribution is 2.03. The third-order valence-electron chi connectivity index (χ3n) is 2.95. The first kappa shape index (κ1) is 12.5. The van der Waals surface area contributed by atoms with Gasteiger partial charge in [0, 0.05) is 45.7 Å². The molecule has 0 aromatic carbocycles. The van der Waals surface area contributed by atoms with E-state index in [0.29, 0.717) is 0 Å². The van der Waals surface area contributed by atoms with Gasteiger partial charge in [0.2, 0.25) is 0 Å². The van der Waals surface area contributed by atoms with Gasteiger partial charge >= 0.3 is 0 Å². The first-order valence-corrected chi connectivity index (χ1v) is 5.83. The Labute approximate surface area is 93.3 Å². The molecule has 0 aromatic heterocycles. The average molecular weight is 212 g/mol. The Morgan fingerprint density at radius 2 is 1.80 bits per heavy atom. The lowest BCUT2D eigenvalue weighted by molar-refractivity contribution is 0.167. The highest BCUT2D eigenvalue weighted by molar-refractivity contribution is 5.78.